The minimum absolute atomic E-state index is 0.183. The molecule has 3 rings (SSSR count). The summed E-state index contributed by atoms with van der Waals surface area (Å²) in [6, 6.07) is 2.92. The van der Waals surface area contributed by atoms with Crippen molar-refractivity contribution in [2.75, 3.05) is 19.7 Å². The minimum Gasteiger partial charge on any atom is -0.396 e. The van der Waals surface area contributed by atoms with Crippen molar-refractivity contribution in [1.82, 2.24) is 4.90 Å². The van der Waals surface area contributed by atoms with Crippen molar-refractivity contribution in [2.24, 2.45) is 5.92 Å². The fourth-order valence-electron chi connectivity index (χ4n) is 3.74. The molecule has 0 spiro atoms. The van der Waals surface area contributed by atoms with Crippen LogP contribution in [-0.4, -0.2) is 29.7 Å². The lowest BCUT2D eigenvalue weighted by Gasteiger charge is -2.32. The molecule has 0 saturated carbocycles. The number of alkyl halides is 3. The number of likely N-dealkylation sites (tertiary alicyclic amines) is 1. The first-order valence-corrected chi connectivity index (χ1v) is 8.03. The molecular weight excluding hydrogens is 291 g/mol. The van der Waals surface area contributed by atoms with Crippen LogP contribution < -0.4 is 0 Å². The van der Waals surface area contributed by atoms with Gasteiger partial charge in [0.1, 0.15) is 0 Å². The summed E-state index contributed by atoms with van der Waals surface area (Å²) in [5, 5.41) is 9.18. The molecule has 1 fully saturated rings. The van der Waals surface area contributed by atoms with Crippen LogP contribution in [0.2, 0.25) is 0 Å². The lowest BCUT2D eigenvalue weighted by atomic mass is 9.94. The van der Waals surface area contributed by atoms with E-state index in [1.807, 2.05) is 0 Å². The van der Waals surface area contributed by atoms with E-state index in [0.29, 0.717) is 18.0 Å². The Morgan fingerprint density at radius 2 is 1.86 bits per heavy atom. The molecule has 1 saturated heterocycles. The number of nitrogens with zero attached hydrogens (tertiary/aromatic N) is 1. The number of rotatable bonds is 3. The number of aliphatic hydroxyl groups excluding tert-OH is 1. The number of aliphatic hydroxyl groups is 1. The molecular formula is C17H22F3NO. The topological polar surface area (TPSA) is 23.5 Å². The summed E-state index contributed by atoms with van der Waals surface area (Å²) < 4.78 is 40.0. The quantitative estimate of drug-likeness (QED) is 0.924. The Hall–Kier alpha value is -1.07. The van der Waals surface area contributed by atoms with Crippen molar-refractivity contribution in [3.8, 4) is 0 Å². The maximum absolute atomic E-state index is 13.3. The number of benzene rings is 1. The Bertz CT molecular complexity index is 533. The fourth-order valence-corrected chi connectivity index (χ4v) is 3.74. The van der Waals surface area contributed by atoms with Gasteiger partial charge < -0.3 is 5.11 Å². The summed E-state index contributed by atoms with van der Waals surface area (Å²) in [5.41, 5.74) is 2.05. The van der Waals surface area contributed by atoms with Crippen LogP contribution >= 0.6 is 0 Å². The van der Waals surface area contributed by atoms with Gasteiger partial charge in [-0.15, -0.1) is 0 Å². The molecule has 22 heavy (non-hydrogen) atoms. The Kier molecular flexibility index (Phi) is 4.46. The highest BCUT2D eigenvalue weighted by Crippen LogP contribution is 2.38. The Balaban J connectivity index is 1.84. The smallest absolute Gasteiger partial charge is 0.396 e. The van der Waals surface area contributed by atoms with Gasteiger partial charge in [-0.25, -0.2) is 0 Å². The standard InChI is InChI=1S/C17H22F3NO/c18-17(19,20)16-5-4-13-2-1-3-14(13)15(16)10-21-8-6-12(11-22)7-9-21/h4-5,12,22H,1-3,6-11H2. The van der Waals surface area contributed by atoms with E-state index < -0.39 is 11.7 Å². The van der Waals surface area contributed by atoms with Crippen LogP contribution in [0.4, 0.5) is 13.2 Å². The number of fused-ring (bicyclic) bond motifs is 1. The molecule has 1 aliphatic carbocycles. The highest BCUT2D eigenvalue weighted by molar-refractivity contribution is 5.45. The average Bonchev–Trinajstić information content (AvgIpc) is 2.96. The third-order valence-corrected chi connectivity index (χ3v) is 5.05. The number of halogens is 3. The van der Waals surface area contributed by atoms with Gasteiger partial charge in [-0.1, -0.05) is 6.07 Å². The van der Waals surface area contributed by atoms with Gasteiger partial charge in [0.15, 0.2) is 0 Å². The monoisotopic (exact) mass is 313 g/mol. The molecule has 1 aromatic carbocycles. The van der Waals surface area contributed by atoms with Crippen LogP contribution in [0.1, 0.15) is 41.5 Å². The average molecular weight is 313 g/mol. The van der Waals surface area contributed by atoms with Gasteiger partial charge in [0, 0.05) is 13.2 Å². The van der Waals surface area contributed by atoms with E-state index >= 15 is 0 Å². The SMILES string of the molecule is OCC1CCN(Cc2c(C(F)(F)F)ccc3c2CCC3)CC1. The van der Waals surface area contributed by atoms with E-state index in [-0.39, 0.29) is 6.61 Å². The van der Waals surface area contributed by atoms with Crippen molar-refractivity contribution in [2.45, 2.75) is 44.8 Å². The van der Waals surface area contributed by atoms with E-state index in [2.05, 4.69) is 4.90 Å². The molecule has 2 aliphatic rings. The second-order valence-corrected chi connectivity index (χ2v) is 6.48. The van der Waals surface area contributed by atoms with Gasteiger partial charge in [0.05, 0.1) is 5.56 Å². The second-order valence-electron chi connectivity index (χ2n) is 6.48. The third-order valence-electron chi connectivity index (χ3n) is 5.05. The van der Waals surface area contributed by atoms with E-state index in [0.717, 1.165) is 56.3 Å². The molecule has 0 bridgehead atoms. The number of aryl methyl sites for hydroxylation is 1. The molecule has 5 heteroatoms. The van der Waals surface area contributed by atoms with Crippen molar-refractivity contribution in [3.63, 3.8) is 0 Å². The number of hydrogen-bond donors (Lipinski definition) is 1. The molecule has 1 heterocycles. The first-order chi connectivity index (χ1) is 10.5. The largest absolute Gasteiger partial charge is 0.416 e. The van der Waals surface area contributed by atoms with Gasteiger partial charge in [-0.3, -0.25) is 4.90 Å². The molecule has 0 unspecified atom stereocenters. The molecule has 0 aromatic heterocycles. The summed E-state index contributed by atoms with van der Waals surface area (Å²) in [4.78, 5) is 2.11. The Labute approximate surface area is 128 Å². The predicted octanol–water partition coefficient (Wildman–Crippen LogP) is 3.40. The zero-order valence-electron chi connectivity index (χ0n) is 12.6. The van der Waals surface area contributed by atoms with Crippen molar-refractivity contribution >= 4 is 0 Å². The van der Waals surface area contributed by atoms with Crippen molar-refractivity contribution in [3.05, 3.63) is 34.4 Å². The highest BCUT2D eigenvalue weighted by atomic mass is 19.4. The molecule has 0 amide bonds. The molecule has 0 radical (unpaired) electrons. The lowest BCUT2D eigenvalue weighted by molar-refractivity contribution is -0.138. The molecule has 2 nitrogen and oxygen atoms in total. The van der Waals surface area contributed by atoms with Crippen LogP contribution in [0, 0.1) is 5.92 Å². The maximum Gasteiger partial charge on any atom is 0.416 e. The Morgan fingerprint density at radius 1 is 1.14 bits per heavy atom. The number of hydrogen-bond acceptors (Lipinski definition) is 2. The van der Waals surface area contributed by atoms with Gasteiger partial charge in [-0.05, 0) is 73.9 Å². The van der Waals surface area contributed by atoms with E-state index in [9.17, 15) is 18.3 Å². The fraction of sp³-hybridized carbons (Fsp3) is 0.647. The first-order valence-electron chi connectivity index (χ1n) is 8.03. The van der Waals surface area contributed by atoms with Gasteiger partial charge >= 0.3 is 6.18 Å². The van der Waals surface area contributed by atoms with Crippen LogP contribution in [0.3, 0.4) is 0 Å². The van der Waals surface area contributed by atoms with Crippen molar-refractivity contribution < 1.29 is 18.3 Å². The summed E-state index contributed by atoms with van der Waals surface area (Å²) in [6.07, 6.45) is 0.0705. The second kappa shape index (κ2) is 6.20. The maximum atomic E-state index is 13.3. The van der Waals surface area contributed by atoms with Crippen LogP contribution in [0.15, 0.2) is 12.1 Å². The molecule has 0 atom stereocenters. The van der Waals surface area contributed by atoms with Crippen molar-refractivity contribution in [1.29, 1.82) is 0 Å². The highest BCUT2D eigenvalue weighted by Gasteiger charge is 2.36. The predicted molar refractivity (Wildman–Crippen MR) is 78.6 cm³/mol. The first kappa shape index (κ1) is 15.8. The van der Waals surface area contributed by atoms with Crippen LogP contribution in [-0.2, 0) is 25.6 Å². The van der Waals surface area contributed by atoms with Crippen LogP contribution in [0.25, 0.3) is 0 Å². The molecule has 122 valence electrons. The molecule has 1 N–H and O–H groups in total. The van der Waals surface area contributed by atoms with Gasteiger partial charge in [0.2, 0.25) is 0 Å². The summed E-state index contributed by atoms with van der Waals surface area (Å²) in [7, 11) is 0. The Morgan fingerprint density at radius 3 is 2.50 bits per heavy atom. The molecule has 1 aromatic rings. The third kappa shape index (κ3) is 3.15. The van der Waals surface area contributed by atoms with Crippen LogP contribution in [0.5, 0.6) is 0 Å². The van der Waals surface area contributed by atoms with E-state index in [1.165, 1.54) is 6.07 Å². The normalized spacial score (nSPS) is 20.4. The molecule has 1 aliphatic heterocycles. The van der Waals surface area contributed by atoms with Gasteiger partial charge in [0.25, 0.3) is 0 Å². The lowest BCUT2D eigenvalue weighted by Crippen LogP contribution is -2.35. The van der Waals surface area contributed by atoms with Gasteiger partial charge in [-0.2, -0.15) is 13.2 Å². The summed E-state index contributed by atoms with van der Waals surface area (Å²) >= 11 is 0. The summed E-state index contributed by atoms with van der Waals surface area (Å²) in [6.45, 7) is 2.11. The summed E-state index contributed by atoms with van der Waals surface area (Å²) in [5.74, 6) is 0.305. The van der Waals surface area contributed by atoms with E-state index in [4.69, 9.17) is 0 Å². The zero-order valence-corrected chi connectivity index (χ0v) is 12.6. The van der Waals surface area contributed by atoms with E-state index in [1.54, 1.807) is 6.07 Å². The number of piperidine rings is 1. The zero-order chi connectivity index (χ0) is 15.7. The minimum atomic E-state index is -4.28.